The zero-order valence-electron chi connectivity index (χ0n) is 19.7. The molecule has 0 aromatic heterocycles. The van der Waals surface area contributed by atoms with Gasteiger partial charge in [0.2, 0.25) is 5.91 Å². The molecule has 0 radical (unpaired) electrons. The molecular formula is C28H26N2O4S2. The Kier molecular flexibility index (Phi) is 8.30. The molecule has 0 aliphatic heterocycles. The van der Waals surface area contributed by atoms with Crippen LogP contribution in [0.25, 0.3) is 0 Å². The summed E-state index contributed by atoms with van der Waals surface area (Å²) in [6.45, 7) is 1.97. The number of hydrogen-bond acceptors (Lipinski definition) is 5. The van der Waals surface area contributed by atoms with Crippen molar-refractivity contribution in [2.24, 2.45) is 0 Å². The zero-order chi connectivity index (χ0) is 25.4. The Bertz CT molecular complexity index is 1390. The lowest BCUT2D eigenvalue weighted by molar-refractivity contribution is -0.114. The lowest BCUT2D eigenvalue weighted by Crippen LogP contribution is -2.38. The predicted molar refractivity (Wildman–Crippen MR) is 144 cm³/mol. The molecule has 0 atom stereocenters. The molecule has 0 saturated carbocycles. The Morgan fingerprint density at radius 3 is 2.11 bits per heavy atom. The minimum atomic E-state index is -4.00. The molecule has 0 spiro atoms. The summed E-state index contributed by atoms with van der Waals surface area (Å²) in [5.74, 6) is 0.166. The normalized spacial score (nSPS) is 11.0. The summed E-state index contributed by atoms with van der Waals surface area (Å²) in [4.78, 5) is 15.2. The number of hydrogen-bond donors (Lipinski definition) is 1. The number of nitrogens with one attached hydrogen (secondary N) is 1. The van der Waals surface area contributed by atoms with E-state index in [-0.39, 0.29) is 4.90 Å². The fourth-order valence-electron chi connectivity index (χ4n) is 3.50. The van der Waals surface area contributed by atoms with Gasteiger partial charge in [0.25, 0.3) is 10.0 Å². The topological polar surface area (TPSA) is 75.7 Å². The van der Waals surface area contributed by atoms with Crippen molar-refractivity contribution >= 4 is 39.1 Å². The molecule has 36 heavy (non-hydrogen) atoms. The van der Waals surface area contributed by atoms with E-state index in [1.807, 2.05) is 55.5 Å². The van der Waals surface area contributed by atoms with Gasteiger partial charge in [-0.25, -0.2) is 8.42 Å². The van der Waals surface area contributed by atoms with Gasteiger partial charge in [0, 0.05) is 9.79 Å². The smallest absolute Gasteiger partial charge is 0.264 e. The average Bonchev–Trinajstić information content (AvgIpc) is 2.90. The van der Waals surface area contributed by atoms with Crippen LogP contribution >= 0.6 is 11.8 Å². The van der Waals surface area contributed by atoms with Gasteiger partial charge in [-0.05, 0) is 67.6 Å². The monoisotopic (exact) mass is 518 g/mol. The van der Waals surface area contributed by atoms with Crippen molar-refractivity contribution in [3.05, 3.63) is 109 Å². The second-order valence-corrected chi connectivity index (χ2v) is 10.7. The molecule has 0 fully saturated rings. The SMILES string of the molecule is CCOc1ccc(N(CC(=O)Nc2ccccc2Sc2ccccc2)S(=O)(=O)c2ccccc2)cc1. The molecule has 0 heterocycles. The van der Waals surface area contributed by atoms with Crippen molar-refractivity contribution in [3.8, 4) is 5.75 Å². The molecule has 0 saturated heterocycles. The molecule has 4 aromatic rings. The maximum absolute atomic E-state index is 13.6. The van der Waals surface area contributed by atoms with Crippen LogP contribution in [0.1, 0.15) is 6.92 Å². The second-order valence-electron chi connectivity index (χ2n) is 7.71. The molecule has 0 bridgehead atoms. The van der Waals surface area contributed by atoms with E-state index in [2.05, 4.69) is 5.32 Å². The third kappa shape index (κ3) is 6.27. The highest BCUT2D eigenvalue weighted by Crippen LogP contribution is 2.33. The highest BCUT2D eigenvalue weighted by Gasteiger charge is 2.27. The van der Waals surface area contributed by atoms with Crippen molar-refractivity contribution in [2.75, 3.05) is 22.8 Å². The van der Waals surface area contributed by atoms with E-state index >= 15 is 0 Å². The summed E-state index contributed by atoms with van der Waals surface area (Å²) in [7, 11) is -4.00. The number of amides is 1. The quantitative estimate of drug-likeness (QED) is 0.276. The number of anilines is 2. The van der Waals surface area contributed by atoms with Gasteiger partial charge in [-0.3, -0.25) is 9.10 Å². The van der Waals surface area contributed by atoms with E-state index in [0.29, 0.717) is 23.7 Å². The number of sulfonamides is 1. The van der Waals surface area contributed by atoms with E-state index in [4.69, 9.17) is 4.74 Å². The van der Waals surface area contributed by atoms with Crippen LogP contribution in [0.2, 0.25) is 0 Å². The van der Waals surface area contributed by atoms with E-state index < -0.39 is 22.5 Å². The Balaban J connectivity index is 1.60. The molecule has 6 nitrogen and oxygen atoms in total. The van der Waals surface area contributed by atoms with E-state index in [9.17, 15) is 13.2 Å². The highest BCUT2D eigenvalue weighted by atomic mass is 32.2. The van der Waals surface area contributed by atoms with Crippen LogP contribution in [0, 0.1) is 0 Å². The van der Waals surface area contributed by atoms with Gasteiger partial charge in [0.05, 0.1) is 22.9 Å². The van der Waals surface area contributed by atoms with Crippen LogP contribution in [-0.2, 0) is 14.8 Å². The molecular weight excluding hydrogens is 492 g/mol. The van der Waals surface area contributed by atoms with Gasteiger partial charge < -0.3 is 10.1 Å². The number of carbonyl (C=O) groups is 1. The van der Waals surface area contributed by atoms with Crippen LogP contribution < -0.4 is 14.4 Å². The van der Waals surface area contributed by atoms with Gasteiger partial charge in [-0.15, -0.1) is 0 Å². The molecule has 0 aliphatic carbocycles. The minimum absolute atomic E-state index is 0.103. The number of nitrogens with zero attached hydrogens (tertiary/aromatic N) is 1. The van der Waals surface area contributed by atoms with Gasteiger partial charge in [0.15, 0.2) is 0 Å². The van der Waals surface area contributed by atoms with E-state index in [1.165, 1.54) is 23.9 Å². The van der Waals surface area contributed by atoms with Gasteiger partial charge in [0.1, 0.15) is 12.3 Å². The van der Waals surface area contributed by atoms with Crippen LogP contribution in [0.4, 0.5) is 11.4 Å². The number of para-hydroxylation sites is 1. The fraction of sp³-hybridized carbons (Fsp3) is 0.107. The number of carbonyl (C=O) groups excluding carboxylic acids is 1. The van der Waals surface area contributed by atoms with Crippen LogP contribution in [-0.4, -0.2) is 27.5 Å². The average molecular weight is 519 g/mol. The van der Waals surface area contributed by atoms with Crippen molar-refractivity contribution in [1.82, 2.24) is 0 Å². The number of ether oxygens (including phenoxy) is 1. The zero-order valence-corrected chi connectivity index (χ0v) is 21.3. The third-order valence-electron chi connectivity index (χ3n) is 5.19. The first kappa shape index (κ1) is 25.3. The summed E-state index contributed by atoms with van der Waals surface area (Å²) >= 11 is 1.52. The Morgan fingerprint density at radius 2 is 1.44 bits per heavy atom. The third-order valence-corrected chi connectivity index (χ3v) is 8.06. The predicted octanol–water partition coefficient (Wildman–Crippen LogP) is 6.07. The Hall–Kier alpha value is -3.75. The number of rotatable bonds is 10. The van der Waals surface area contributed by atoms with Gasteiger partial charge in [-0.1, -0.05) is 60.3 Å². The van der Waals surface area contributed by atoms with Crippen molar-refractivity contribution in [3.63, 3.8) is 0 Å². The molecule has 4 aromatic carbocycles. The molecule has 184 valence electrons. The van der Waals surface area contributed by atoms with Gasteiger partial charge >= 0.3 is 0 Å². The fourth-order valence-corrected chi connectivity index (χ4v) is 5.87. The van der Waals surface area contributed by atoms with Crippen LogP contribution in [0.5, 0.6) is 5.75 Å². The van der Waals surface area contributed by atoms with Gasteiger partial charge in [-0.2, -0.15) is 0 Å². The molecule has 0 unspecified atom stereocenters. The van der Waals surface area contributed by atoms with Crippen LogP contribution in [0.3, 0.4) is 0 Å². The lowest BCUT2D eigenvalue weighted by atomic mass is 10.3. The van der Waals surface area contributed by atoms with E-state index in [0.717, 1.165) is 14.1 Å². The first-order valence-electron chi connectivity index (χ1n) is 11.4. The summed E-state index contributed by atoms with van der Waals surface area (Å²) < 4.78 is 33.7. The minimum Gasteiger partial charge on any atom is -0.494 e. The molecule has 4 rings (SSSR count). The van der Waals surface area contributed by atoms with Crippen molar-refractivity contribution in [2.45, 2.75) is 21.6 Å². The molecule has 1 N–H and O–H groups in total. The maximum atomic E-state index is 13.6. The lowest BCUT2D eigenvalue weighted by Gasteiger charge is -2.24. The van der Waals surface area contributed by atoms with Crippen molar-refractivity contribution in [1.29, 1.82) is 0 Å². The second kappa shape index (κ2) is 11.8. The molecule has 0 aliphatic rings. The summed E-state index contributed by atoms with van der Waals surface area (Å²) in [5, 5.41) is 2.90. The standard InChI is InChI=1S/C28H26N2O4S2/c1-2-34-23-19-17-22(18-20-23)30(36(32,33)25-13-7-4-8-14-25)21-28(31)29-26-15-9-10-16-27(26)35-24-11-5-3-6-12-24/h3-20H,2,21H2,1H3,(H,29,31). The summed E-state index contributed by atoms with van der Waals surface area (Å²) in [6, 6.07) is 32.0. The highest BCUT2D eigenvalue weighted by molar-refractivity contribution is 7.99. The summed E-state index contributed by atoms with van der Waals surface area (Å²) in [5.41, 5.74) is 0.976. The maximum Gasteiger partial charge on any atom is 0.264 e. The largest absolute Gasteiger partial charge is 0.494 e. The molecule has 8 heteroatoms. The summed E-state index contributed by atoms with van der Waals surface area (Å²) in [6.07, 6.45) is 0. The van der Waals surface area contributed by atoms with Crippen LogP contribution in [0.15, 0.2) is 124 Å². The molecule has 1 amide bonds. The van der Waals surface area contributed by atoms with Crippen molar-refractivity contribution < 1.29 is 17.9 Å². The first-order chi connectivity index (χ1) is 17.5. The Morgan fingerprint density at radius 1 is 0.833 bits per heavy atom. The number of benzene rings is 4. The van der Waals surface area contributed by atoms with E-state index in [1.54, 1.807) is 48.5 Å². The Labute approximate surface area is 216 Å². The first-order valence-corrected chi connectivity index (χ1v) is 13.7.